The molecule has 2 aromatic carbocycles. The van der Waals surface area contributed by atoms with E-state index in [-0.39, 0.29) is 11.0 Å². The molecule has 2 aromatic heterocycles. The summed E-state index contributed by atoms with van der Waals surface area (Å²) in [7, 11) is 0. The van der Waals surface area contributed by atoms with Crippen molar-refractivity contribution in [3.05, 3.63) is 97.7 Å². The van der Waals surface area contributed by atoms with Crippen LogP contribution in [-0.4, -0.2) is 35.7 Å². The van der Waals surface area contributed by atoms with E-state index in [2.05, 4.69) is 11.0 Å². The lowest BCUT2D eigenvalue weighted by Crippen LogP contribution is -2.48. The monoisotopic (exact) mass is 502 g/mol. The van der Waals surface area contributed by atoms with Gasteiger partial charge in [0.15, 0.2) is 0 Å². The van der Waals surface area contributed by atoms with Gasteiger partial charge in [-0.1, -0.05) is 29.8 Å². The fraction of sp³-hybridized carbons (Fsp3) is 0.310. The minimum atomic E-state index is -0.0677. The van der Waals surface area contributed by atoms with Crippen molar-refractivity contribution in [2.45, 2.75) is 25.8 Å². The highest BCUT2D eigenvalue weighted by molar-refractivity contribution is 6.30. The van der Waals surface area contributed by atoms with Gasteiger partial charge in [0.05, 0.1) is 10.9 Å². The minimum absolute atomic E-state index is 0.0677. The standard InChI is InChI=1S/C29H27ClN2O4/c1-18-28(20-5-7-22(30)8-6-20)29(34)24-10-9-23(14-26(24)36-18)35-12-11-31-15-19-13-21(17-31)25-3-2-4-27(33)32(25)16-19/h2-10,14,19,21H,11-13,15-17H2,1H3/t19-,21+/m0/s1. The smallest absolute Gasteiger partial charge is 0.250 e. The SMILES string of the molecule is Cc1oc2cc(OCCN3C[C@@H]4C[C@H](C3)c3cccc(=O)n3C4)ccc2c(=O)c1-c1ccc(Cl)cc1. The Morgan fingerprint density at radius 1 is 1.03 bits per heavy atom. The van der Waals surface area contributed by atoms with Gasteiger partial charge in [-0.25, -0.2) is 0 Å². The Labute approximate surface area is 213 Å². The van der Waals surface area contributed by atoms with Gasteiger partial charge in [-0.2, -0.15) is 0 Å². The van der Waals surface area contributed by atoms with E-state index >= 15 is 0 Å². The molecule has 0 N–H and O–H groups in total. The molecule has 36 heavy (non-hydrogen) atoms. The number of benzene rings is 2. The average molecular weight is 503 g/mol. The Morgan fingerprint density at radius 3 is 2.69 bits per heavy atom. The summed E-state index contributed by atoms with van der Waals surface area (Å²) in [4.78, 5) is 27.9. The van der Waals surface area contributed by atoms with Gasteiger partial charge >= 0.3 is 0 Å². The van der Waals surface area contributed by atoms with Crippen LogP contribution in [0.5, 0.6) is 5.75 Å². The van der Waals surface area contributed by atoms with Gasteiger partial charge in [0.1, 0.15) is 23.7 Å². The third kappa shape index (κ3) is 4.25. The van der Waals surface area contributed by atoms with Crippen LogP contribution in [0.2, 0.25) is 5.02 Å². The first kappa shape index (κ1) is 23.1. The first-order valence-electron chi connectivity index (χ1n) is 12.3. The lowest BCUT2D eigenvalue weighted by molar-refractivity contribution is 0.104. The molecule has 6 nitrogen and oxygen atoms in total. The van der Waals surface area contributed by atoms with Crippen molar-refractivity contribution in [1.29, 1.82) is 0 Å². The molecule has 184 valence electrons. The maximum atomic E-state index is 13.2. The van der Waals surface area contributed by atoms with Gasteiger partial charge in [-0.05, 0) is 55.2 Å². The predicted octanol–water partition coefficient (Wildman–Crippen LogP) is 5.08. The van der Waals surface area contributed by atoms with Crippen LogP contribution in [0.3, 0.4) is 0 Å². The Kier molecular flexibility index (Phi) is 5.94. The van der Waals surface area contributed by atoms with Crippen LogP contribution >= 0.6 is 11.6 Å². The van der Waals surface area contributed by atoms with E-state index in [1.165, 1.54) is 0 Å². The van der Waals surface area contributed by atoms with Gasteiger partial charge in [0, 0.05) is 54.9 Å². The third-order valence-electron chi connectivity index (χ3n) is 7.40. The Balaban J connectivity index is 1.15. The molecule has 2 aliphatic rings. The van der Waals surface area contributed by atoms with E-state index in [9.17, 15) is 9.59 Å². The summed E-state index contributed by atoms with van der Waals surface area (Å²) in [5, 5.41) is 1.15. The number of hydrogen-bond donors (Lipinski definition) is 0. The van der Waals surface area contributed by atoms with E-state index in [1.54, 1.807) is 37.3 Å². The molecule has 0 saturated carbocycles. The highest BCUT2D eigenvalue weighted by Crippen LogP contribution is 2.35. The topological polar surface area (TPSA) is 64.7 Å². The van der Waals surface area contributed by atoms with Crippen molar-refractivity contribution < 1.29 is 9.15 Å². The molecule has 7 heteroatoms. The van der Waals surface area contributed by atoms with Gasteiger partial charge < -0.3 is 13.7 Å². The van der Waals surface area contributed by atoms with Crippen LogP contribution in [0.4, 0.5) is 0 Å². The van der Waals surface area contributed by atoms with Gasteiger partial charge in [0.25, 0.3) is 5.56 Å². The number of nitrogens with zero attached hydrogens (tertiary/aromatic N) is 2. The number of pyridine rings is 1. The van der Waals surface area contributed by atoms with Crippen molar-refractivity contribution in [1.82, 2.24) is 9.47 Å². The molecular formula is C29H27ClN2O4. The van der Waals surface area contributed by atoms with E-state index in [1.807, 2.05) is 28.8 Å². The number of ether oxygens (including phenoxy) is 1. The van der Waals surface area contributed by atoms with Crippen LogP contribution in [0.15, 0.2) is 74.7 Å². The number of aryl methyl sites for hydroxylation is 1. The van der Waals surface area contributed by atoms with Crippen molar-refractivity contribution in [2.75, 3.05) is 26.2 Å². The van der Waals surface area contributed by atoms with Crippen molar-refractivity contribution in [3.63, 3.8) is 0 Å². The van der Waals surface area contributed by atoms with Crippen LogP contribution in [0.1, 0.15) is 23.8 Å². The van der Waals surface area contributed by atoms with Gasteiger partial charge in [-0.3, -0.25) is 14.5 Å². The molecule has 2 atom stereocenters. The highest BCUT2D eigenvalue weighted by Gasteiger charge is 2.34. The molecule has 1 fully saturated rings. The minimum Gasteiger partial charge on any atom is -0.492 e. The first-order valence-corrected chi connectivity index (χ1v) is 12.7. The number of aromatic nitrogens is 1. The average Bonchev–Trinajstić information content (AvgIpc) is 2.86. The van der Waals surface area contributed by atoms with Crippen molar-refractivity contribution in [3.8, 4) is 16.9 Å². The number of hydrogen-bond acceptors (Lipinski definition) is 5. The maximum Gasteiger partial charge on any atom is 0.250 e. The van der Waals surface area contributed by atoms with Crippen LogP contribution in [-0.2, 0) is 6.54 Å². The fourth-order valence-corrected chi connectivity index (χ4v) is 5.92. The highest BCUT2D eigenvalue weighted by atomic mass is 35.5. The molecule has 0 aliphatic carbocycles. The molecule has 0 spiro atoms. The second-order valence-electron chi connectivity index (χ2n) is 9.83. The number of halogens is 1. The van der Waals surface area contributed by atoms with Gasteiger partial charge in [-0.15, -0.1) is 0 Å². The summed E-state index contributed by atoms with van der Waals surface area (Å²) in [6.45, 7) is 5.85. The Morgan fingerprint density at radius 2 is 1.86 bits per heavy atom. The molecule has 4 aromatic rings. The Bertz CT molecular complexity index is 1560. The lowest BCUT2D eigenvalue weighted by Gasteiger charge is -2.42. The Hall–Kier alpha value is -3.35. The van der Waals surface area contributed by atoms with Crippen LogP contribution < -0.4 is 15.7 Å². The number of fused-ring (bicyclic) bond motifs is 5. The van der Waals surface area contributed by atoms with E-state index in [4.69, 9.17) is 20.8 Å². The predicted molar refractivity (Wildman–Crippen MR) is 141 cm³/mol. The molecule has 4 heterocycles. The first-order chi connectivity index (χ1) is 17.5. The number of piperidine rings is 1. The molecular weight excluding hydrogens is 476 g/mol. The van der Waals surface area contributed by atoms with Crippen molar-refractivity contribution in [2.24, 2.45) is 5.92 Å². The summed E-state index contributed by atoms with van der Waals surface area (Å²) in [6.07, 6.45) is 1.14. The summed E-state index contributed by atoms with van der Waals surface area (Å²) in [5.41, 5.74) is 3.04. The van der Waals surface area contributed by atoms with Crippen LogP contribution in [0.25, 0.3) is 22.1 Å². The normalized spacial score (nSPS) is 19.3. The summed E-state index contributed by atoms with van der Waals surface area (Å²) < 4.78 is 14.1. The fourth-order valence-electron chi connectivity index (χ4n) is 5.80. The van der Waals surface area contributed by atoms with Crippen LogP contribution in [0, 0.1) is 12.8 Å². The van der Waals surface area contributed by atoms with E-state index < -0.39 is 0 Å². The zero-order chi connectivity index (χ0) is 24.8. The van der Waals surface area contributed by atoms with E-state index in [0.29, 0.717) is 51.5 Å². The molecule has 6 rings (SSSR count). The lowest BCUT2D eigenvalue weighted by atomic mass is 9.83. The van der Waals surface area contributed by atoms with Crippen molar-refractivity contribution >= 4 is 22.6 Å². The summed E-state index contributed by atoms with van der Waals surface area (Å²) in [5.74, 6) is 2.12. The second-order valence-corrected chi connectivity index (χ2v) is 10.3. The second kappa shape index (κ2) is 9.26. The van der Waals surface area contributed by atoms with E-state index in [0.717, 1.165) is 43.9 Å². The molecule has 2 bridgehead atoms. The third-order valence-corrected chi connectivity index (χ3v) is 7.66. The largest absolute Gasteiger partial charge is 0.492 e. The van der Waals surface area contributed by atoms with Gasteiger partial charge in [0.2, 0.25) is 5.43 Å². The zero-order valence-electron chi connectivity index (χ0n) is 20.1. The molecule has 0 unspecified atom stereocenters. The molecule has 1 saturated heterocycles. The molecule has 2 aliphatic heterocycles. The summed E-state index contributed by atoms with van der Waals surface area (Å²) >= 11 is 6.00. The maximum absolute atomic E-state index is 13.2. The molecule has 0 amide bonds. The quantitative estimate of drug-likeness (QED) is 0.381. The number of likely N-dealkylation sites (tertiary alicyclic amines) is 1. The molecule has 0 radical (unpaired) electrons. The summed E-state index contributed by atoms with van der Waals surface area (Å²) in [6, 6.07) is 18.2. The number of rotatable bonds is 5. The zero-order valence-corrected chi connectivity index (χ0v) is 20.8.